The Labute approximate surface area is 121 Å². The van der Waals surface area contributed by atoms with Crippen molar-refractivity contribution < 1.29 is 33.3 Å². The van der Waals surface area contributed by atoms with Crippen LogP contribution in [0.4, 0.5) is 13.2 Å². The first-order valence-electron chi connectivity index (χ1n) is 6.97. The van der Waals surface area contributed by atoms with Gasteiger partial charge in [-0.3, -0.25) is 0 Å². The summed E-state index contributed by atoms with van der Waals surface area (Å²) >= 11 is 0. The van der Waals surface area contributed by atoms with E-state index in [4.69, 9.17) is 15.6 Å². The molecule has 0 spiro atoms. The van der Waals surface area contributed by atoms with Crippen LogP contribution in [-0.4, -0.2) is 45.7 Å². The molecule has 1 fully saturated rings. The van der Waals surface area contributed by atoms with Crippen LogP contribution >= 0.6 is 0 Å². The van der Waals surface area contributed by atoms with Crippen LogP contribution in [0, 0.1) is 5.92 Å². The van der Waals surface area contributed by atoms with Crippen molar-refractivity contribution in [3.05, 3.63) is 0 Å². The molecular weight excluding hydrogens is 291 g/mol. The fourth-order valence-corrected chi connectivity index (χ4v) is 2.30. The van der Waals surface area contributed by atoms with Crippen molar-refractivity contribution in [2.75, 3.05) is 0 Å². The van der Waals surface area contributed by atoms with Crippen LogP contribution < -0.4 is 5.73 Å². The highest BCUT2D eigenvalue weighted by Crippen LogP contribution is 2.27. The van der Waals surface area contributed by atoms with Gasteiger partial charge in [0.05, 0.1) is 12.2 Å². The van der Waals surface area contributed by atoms with Gasteiger partial charge in [0.1, 0.15) is 0 Å². The molecule has 3 atom stereocenters. The van der Waals surface area contributed by atoms with Gasteiger partial charge in [0.15, 0.2) is 0 Å². The molecule has 1 rings (SSSR count). The van der Waals surface area contributed by atoms with Gasteiger partial charge in [0.25, 0.3) is 0 Å². The molecule has 0 aliphatic heterocycles. The third-order valence-electron chi connectivity index (χ3n) is 3.51. The van der Waals surface area contributed by atoms with Crippen LogP contribution in [0.2, 0.25) is 0 Å². The van der Waals surface area contributed by atoms with Gasteiger partial charge >= 0.3 is 12.1 Å². The molecule has 0 bridgehead atoms. The Morgan fingerprint density at radius 2 is 1.67 bits per heavy atom. The number of halogens is 3. The molecule has 126 valence electrons. The first-order chi connectivity index (χ1) is 9.55. The first-order valence-corrected chi connectivity index (χ1v) is 6.97. The predicted octanol–water partition coefficient (Wildman–Crippen LogP) is 1.66. The zero-order valence-electron chi connectivity index (χ0n) is 12.0. The molecule has 0 aromatic carbocycles. The summed E-state index contributed by atoms with van der Waals surface area (Å²) in [7, 11) is 0. The van der Waals surface area contributed by atoms with Crippen molar-refractivity contribution in [3.8, 4) is 0 Å². The van der Waals surface area contributed by atoms with Crippen molar-refractivity contribution in [1.29, 1.82) is 0 Å². The SMILES string of the molecule is CC(O)C(O)C(N)CC1CCCCC1.O=C(O)C(F)(F)F. The van der Waals surface area contributed by atoms with E-state index in [1.807, 2.05) is 0 Å². The third kappa shape index (κ3) is 8.90. The lowest BCUT2D eigenvalue weighted by Gasteiger charge is -2.28. The number of hydrogen-bond acceptors (Lipinski definition) is 4. The molecule has 3 unspecified atom stereocenters. The molecule has 8 heteroatoms. The summed E-state index contributed by atoms with van der Waals surface area (Å²) in [4.78, 5) is 8.90. The van der Waals surface area contributed by atoms with E-state index in [0.717, 1.165) is 6.42 Å². The number of carbonyl (C=O) groups is 1. The van der Waals surface area contributed by atoms with E-state index in [1.165, 1.54) is 32.1 Å². The molecule has 0 heterocycles. The van der Waals surface area contributed by atoms with E-state index >= 15 is 0 Å². The fourth-order valence-electron chi connectivity index (χ4n) is 2.30. The highest BCUT2D eigenvalue weighted by molar-refractivity contribution is 5.73. The molecule has 21 heavy (non-hydrogen) atoms. The zero-order chi connectivity index (χ0) is 16.6. The molecule has 1 aliphatic carbocycles. The van der Waals surface area contributed by atoms with E-state index in [9.17, 15) is 23.4 Å². The maximum Gasteiger partial charge on any atom is 0.490 e. The second-order valence-corrected chi connectivity index (χ2v) is 5.44. The average Bonchev–Trinajstić information content (AvgIpc) is 2.38. The van der Waals surface area contributed by atoms with Gasteiger partial charge < -0.3 is 21.1 Å². The minimum Gasteiger partial charge on any atom is -0.475 e. The first kappa shape index (κ1) is 20.1. The van der Waals surface area contributed by atoms with Gasteiger partial charge in [0, 0.05) is 6.04 Å². The molecule has 1 aliphatic rings. The summed E-state index contributed by atoms with van der Waals surface area (Å²) in [6.07, 6.45) is 0.687. The summed E-state index contributed by atoms with van der Waals surface area (Å²) in [6, 6.07) is -0.266. The lowest BCUT2D eigenvalue weighted by atomic mass is 9.83. The summed E-state index contributed by atoms with van der Waals surface area (Å²) in [6.45, 7) is 1.59. The van der Waals surface area contributed by atoms with Crippen LogP contribution in [0.1, 0.15) is 45.4 Å². The largest absolute Gasteiger partial charge is 0.490 e. The van der Waals surface area contributed by atoms with E-state index in [-0.39, 0.29) is 6.04 Å². The molecule has 0 aromatic rings. The number of carboxylic acid groups (broad SMARTS) is 1. The van der Waals surface area contributed by atoms with Gasteiger partial charge in [-0.05, 0) is 19.3 Å². The third-order valence-corrected chi connectivity index (χ3v) is 3.51. The van der Waals surface area contributed by atoms with Crippen LogP contribution in [0.25, 0.3) is 0 Å². The number of aliphatic carboxylic acids is 1. The molecule has 5 N–H and O–H groups in total. The van der Waals surface area contributed by atoms with Crippen LogP contribution in [0.3, 0.4) is 0 Å². The molecule has 1 saturated carbocycles. The van der Waals surface area contributed by atoms with E-state index in [0.29, 0.717) is 5.92 Å². The van der Waals surface area contributed by atoms with Gasteiger partial charge in [0.2, 0.25) is 0 Å². The predicted molar refractivity (Wildman–Crippen MR) is 70.5 cm³/mol. The van der Waals surface area contributed by atoms with E-state index in [1.54, 1.807) is 6.92 Å². The van der Waals surface area contributed by atoms with Crippen LogP contribution in [0.5, 0.6) is 0 Å². The summed E-state index contributed by atoms with van der Waals surface area (Å²) in [5.41, 5.74) is 5.84. The smallest absolute Gasteiger partial charge is 0.475 e. The maximum atomic E-state index is 10.6. The van der Waals surface area contributed by atoms with Gasteiger partial charge in [-0.1, -0.05) is 32.1 Å². The highest BCUT2D eigenvalue weighted by atomic mass is 19.4. The van der Waals surface area contributed by atoms with Gasteiger partial charge in [-0.15, -0.1) is 0 Å². The lowest BCUT2D eigenvalue weighted by Crippen LogP contribution is -2.43. The van der Waals surface area contributed by atoms with Crippen LogP contribution in [0.15, 0.2) is 0 Å². The minimum atomic E-state index is -5.08. The Hall–Kier alpha value is -0.860. The number of rotatable bonds is 4. The standard InChI is InChI=1S/C11H23NO2.C2HF3O2/c1-8(13)11(14)10(12)7-9-5-3-2-4-6-9;3-2(4,5)1(6)7/h8-11,13-14H,2-7,12H2,1H3;(H,6,7). The fraction of sp³-hybridized carbons (Fsp3) is 0.923. The zero-order valence-corrected chi connectivity index (χ0v) is 12.0. The molecule has 0 amide bonds. The Balaban J connectivity index is 0.000000486. The number of carboxylic acids is 1. The molecule has 0 aromatic heterocycles. The van der Waals surface area contributed by atoms with Gasteiger partial charge in [-0.25, -0.2) is 4.79 Å². The van der Waals surface area contributed by atoms with Crippen molar-refractivity contribution in [2.24, 2.45) is 11.7 Å². The quantitative estimate of drug-likeness (QED) is 0.631. The Kier molecular flexibility index (Phi) is 8.84. The maximum absolute atomic E-state index is 10.6. The highest BCUT2D eigenvalue weighted by Gasteiger charge is 2.38. The monoisotopic (exact) mass is 315 g/mol. The normalized spacial score (nSPS) is 20.9. The number of nitrogens with two attached hydrogens (primary N) is 1. The number of hydrogen-bond donors (Lipinski definition) is 4. The lowest BCUT2D eigenvalue weighted by molar-refractivity contribution is -0.192. The summed E-state index contributed by atoms with van der Waals surface area (Å²) < 4.78 is 31.7. The van der Waals surface area contributed by atoms with E-state index in [2.05, 4.69) is 0 Å². The average molecular weight is 315 g/mol. The van der Waals surface area contributed by atoms with Crippen LogP contribution in [-0.2, 0) is 4.79 Å². The molecule has 0 saturated heterocycles. The van der Waals surface area contributed by atoms with Gasteiger partial charge in [-0.2, -0.15) is 13.2 Å². The second kappa shape index (κ2) is 9.22. The van der Waals surface area contributed by atoms with Crippen molar-refractivity contribution >= 4 is 5.97 Å². The Morgan fingerprint density at radius 3 is 2.00 bits per heavy atom. The number of aliphatic hydroxyl groups excluding tert-OH is 2. The van der Waals surface area contributed by atoms with E-state index < -0.39 is 24.4 Å². The van der Waals surface area contributed by atoms with Crippen molar-refractivity contribution in [3.63, 3.8) is 0 Å². The summed E-state index contributed by atoms with van der Waals surface area (Å²) in [5, 5.41) is 25.9. The van der Waals surface area contributed by atoms with Crippen molar-refractivity contribution in [2.45, 2.75) is 69.9 Å². The number of alkyl halides is 3. The summed E-state index contributed by atoms with van der Waals surface area (Å²) in [5.74, 6) is -2.10. The topological polar surface area (TPSA) is 104 Å². The Bertz CT molecular complexity index is 304. The molecule has 5 nitrogen and oxygen atoms in total. The molecular formula is C13H24F3NO4. The second-order valence-electron chi connectivity index (χ2n) is 5.44. The minimum absolute atomic E-state index is 0.266. The van der Waals surface area contributed by atoms with Crippen molar-refractivity contribution in [1.82, 2.24) is 0 Å². The Morgan fingerprint density at radius 1 is 1.24 bits per heavy atom. The molecule has 0 radical (unpaired) electrons. The number of aliphatic hydroxyl groups is 2.